The average Bonchev–Trinajstić information content (AvgIpc) is 2.81. The van der Waals surface area contributed by atoms with Gasteiger partial charge >= 0.3 is 6.09 Å². The second-order valence-electron chi connectivity index (χ2n) is 7.40. The molecule has 9 heteroatoms. The number of hydroxylamine groups is 1. The predicted molar refractivity (Wildman–Crippen MR) is 123 cm³/mol. The molecule has 2 rings (SSSR count). The molecule has 2 aromatic rings. The van der Waals surface area contributed by atoms with Crippen LogP contribution in [0, 0.1) is 5.92 Å². The fourth-order valence-electron chi connectivity index (χ4n) is 3.03. The van der Waals surface area contributed by atoms with E-state index in [9.17, 15) is 14.4 Å². The minimum atomic E-state index is -1.04. The third-order valence-electron chi connectivity index (χ3n) is 5.11. The lowest BCUT2D eigenvalue weighted by Crippen LogP contribution is -2.56. The standard InChI is InChI=1S/C23H28BrN3O5/c1-3-15(2)20(26-23(30)32-14-16-9-5-4-6-10-16)22(29)25-19(21(28)27-31)13-17-11-7-8-12-18(17)24/h4-12,15,19-20,31H,3,13-14H2,1-2H3,(H,25,29)(H,26,30)(H,27,28). The van der Waals surface area contributed by atoms with E-state index in [-0.39, 0.29) is 18.9 Å². The van der Waals surface area contributed by atoms with Gasteiger partial charge in [0.05, 0.1) is 0 Å². The molecule has 0 spiro atoms. The lowest BCUT2D eigenvalue weighted by molar-refractivity contribution is -0.135. The lowest BCUT2D eigenvalue weighted by atomic mass is 9.97. The Morgan fingerprint density at radius 1 is 1.00 bits per heavy atom. The maximum absolute atomic E-state index is 13.0. The molecule has 3 unspecified atom stereocenters. The molecular formula is C23H28BrN3O5. The van der Waals surface area contributed by atoms with E-state index in [4.69, 9.17) is 9.94 Å². The van der Waals surface area contributed by atoms with E-state index in [0.717, 1.165) is 15.6 Å². The first-order chi connectivity index (χ1) is 15.3. The van der Waals surface area contributed by atoms with E-state index in [1.807, 2.05) is 62.4 Å². The number of nitrogens with one attached hydrogen (secondary N) is 3. The molecular weight excluding hydrogens is 478 g/mol. The van der Waals surface area contributed by atoms with Crippen LogP contribution in [0.4, 0.5) is 4.79 Å². The Bertz CT molecular complexity index is 910. The van der Waals surface area contributed by atoms with Crippen molar-refractivity contribution in [2.45, 2.75) is 45.4 Å². The number of hydrogen-bond acceptors (Lipinski definition) is 5. The molecule has 0 saturated heterocycles. The maximum atomic E-state index is 13.0. The lowest BCUT2D eigenvalue weighted by Gasteiger charge is -2.26. The Hall–Kier alpha value is -2.91. The van der Waals surface area contributed by atoms with Crippen LogP contribution in [0.3, 0.4) is 0 Å². The molecule has 0 fully saturated rings. The van der Waals surface area contributed by atoms with Gasteiger partial charge in [-0.3, -0.25) is 14.8 Å². The van der Waals surface area contributed by atoms with Crippen molar-refractivity contribution in [2.24, 2.45) is 5.92 Å². The van der Waals surface area contributed by atoms with Crippen LogP contribution in [0.2, 0.25) is 0 Å². The third kappa shape index (κ3) is 7.65. The first-order valence-corrected chi connectivity index (χ1v) is 11.1. The monoisotopic (exact) mass is 505 g/mol. The van der Waals surface area contributed by atoms with Crippen LogP contribution in [0.1, 0.15) is 31.4 Å². The van der Waals surface area contributed by atoms with Crippen molar-refractivity contribution in [1.29, 1.82) is 0 Å². The molecule has 3 amide bonds. The van der Waals surface area contributed by atoms with E-state index < -0.39 is 30.0 Å². The average molecular weight is 506 g/mol. The smallest absolute Gasteiger partial charge is 0.408 e. The third-order valence-corrected chi connectivity index (χ3v) is 5.88. The molecule has 0 bridgehead atoms. The summed E-state index contributed by atoms with van der Waals surface area (Å²) in [6.45, 7) is 3.77. The summed E-state index contributed by atoms with van der Waals surface area (Å²) in [5.74, 6) is -1.53. The minimum absolute atomic E-state index is 0.0685. The fraction of sp³-hybridized carbons (Fsp3) is 0.348. The normalized spacial score (nSPS) is 13.4. The van der Waals surface area contributed by atoms with E-state index in [1.54, 1.807) is 11.5 Å². The number of ether oxygens (including phenoxy) is 1. The number of halogens is 1. The van der Waals surface area contributed by atoms with Gasteiger partial charge in [0.15, 0.2) is 0 Å². The van der Waals surface area contributed by atoms with E-state index >= 15 is 0 Å². The van der Waals surface area contributed by atoms with Gasteiger partial charge in [0.25, 0.3) is 5.91 Å². The molecule has 2 aromatic carbocycles. The van der Waals surface area contributed by atoms with Gasteiger partial charge in [-0.1, -0.05) is 84.7 Å². The Morgan fingerprint density at radius 3 is 2.28 bits per heavy atom. The molecule has 32 heavy (non-hydrogen) atoms. The minimum Gasteiger partial charge on any atom is -0.445 e. The molecule has 0 aliphatic carbocycles. The summed E-state index contributed by atoms with van der Waals surface area (Å²) in [5, 5.41) is 14.4. The van der Waals surface area contributed by atoms with Gasteiger partial charge < -0.3 is 15.4 Å². The van der Waals surface area contributed by atoms with Crippen molar-refractivity contribution in [3.8, 4) is 0 Å². The Morgan fingerprint density at radius 2 is 1.66 bits per heavy atom. The van der Waals surface area contributed by atoms with E-state index in [1.165, 1.54) is 0 Å². The van der Waals surface area contributed by atoms with Gasteiger partial charge in [-0.25, -0.2) is 10.3 Å². The summed E-state index contributed by atoms with van der Waals surface area (Å²) in [6, 6.07) is 14.5. The Balaban J connectivity index is 2.07. The Kier molecular flexibility index (Phi) is 10.2. The van der Waals surface area contributed by atoms with Crippen LogP contribution in [-0.4, -0.2) is 35.2 Å². The van der Waals surface area contributed by atoms with Crippen LogP contribution in [-0.2, 0) is 27.4 Å². The van der Waals surface area contributed by atoms with E-state index in [0.29, 0.717) is 6.42 Å². The molecule has 0 aliphatic heterocycles. The number of carbonyl (C=O) groups excluding carboxylic acids is 3. The topological polar surface area (TPSA) is 117 Å². The molecule has 172 valence electrons. The number of carbonyl (C=O) groups is 3. The molecule has 0 aliphatic rings. The van der Waals surface area contributed by atoms with E-state index in [2.05, 4.69) is 26.6 Å². The van der Waals surface area contributed by atoms with Crippen LogP contribution >= 0.6 is 15.9 Å². The predicted octanol–water partition coefficient (Wildman–Crippen LogP) is 3.32. The summed E-state index contributed by atoms with van der Waals surface area (Å²) < 4.78 is 6.00. The number of hydrogen-bond donors (Lipinski definition) is 4. The highest BCUT2D eigenvalue weighted by atomic mass is 79.9. The SMILES string of the molecule is CCC(C)C(NC(=O)OCc1ccccc1)C(=O)NC(Cc1ccccc1Br)C(=O)NO. The van der Waals surface area contributed by atoms with Crippen molar-refractivity contribution >= 4 is 33.8 Å². The fourth-order valence-corrected chi connectivity index (χ4v) is 3.47. The van der Waals surface area contributed by atoms with Crippen molar-refractivity contribution in [1.82, 2.24) is 16.1 Å². The summed E-state index contributed by atoms with van der Waals surface area (Å²) in [4.78, 5) is 37.5. The highest BCUT2D eigenvalue weighted by Gasteiger charge is 2.30. The first-order valence-electron chi connectivity index (χ1n) is 10.3. The molecule has 0 radical (unpaired) electrons. The van der Waals surface area contributed by atoms with Crippen molar-refractivity contribution < 1.29 is 24.3 Å². The van der Waals surface area contributed by atoms with Gasteiger partial charge in [0, 0.05) is 10.9 Å². The molecule has 0 heterocycles. The van der Waals surface area contributed by atoms with Gasteiger partial charge in [-0.2, -0.15) is 0 Å². The first kappa shape index (κ1) is 25.4. The van der Waals surface area contributed by atoms with Gasteiger partial charge in [-0.15, -0.1) is 0 Å². The van der Waals surface area contributed by atoms with Crippen molar-refractivity contribution in [3.63, 3.8) is 0 Å². The molecule has 3 atom stereocenters. The summed E-state index contributed by atoms with van der Waals surface area (Å²) in [5.41, 5.74) is 3.19. The van der Waals surface area contributed by atoms with Gasteiger partial charge in [-0.05, 0) is 23.1 Å². The number of amides is 3. The van der Waals surface area contributed by atoms with Gasteiger partial charge in [0.1, 0.15) is 18.7 Å². The summed E-state index contributed by atoms with van der Waals surface area (Å²) in [7, 11) is 0. The zero-order valence-electron chi connectivity index (χ0n) is 18.0. The number of rotatable bonds is 10. The van der Waals surface area contributed by atoms with Crippen LogP contribution < -0.4 is 16.1 Å². The summed E-state index contributed by atoms with van der Waals surface area (Å²) >= 11 is 3.41. The highest BCUT2D eigenvalue weighted by molar-refractivity contribution is 9.10. The highest BCUT2D eigenvalue weighted by Crippen LogP contribution is 2.18. The molecule has 4 N–H and O–H groups in total. The maximum Gasteiger partial charge on any atom is 0.408 e. The zero-order chi connectivity index (χ0) is 23.5. The van der Waals surface area contributed by atoms with Crippen molar-refractivity contribution in [2.75, 3.05) is 0 Å². The van der Waals surface area contributed by atoms with Crippen molar-refractivity contribution in [3.05, 3.63) is 70.2 Å². The Labute approximate surface area is 195 Å². The second-order valence-corrected chi connectivity index (χ2v) is 8.26. The molecule has 0 saturated carbocycles. The number of alkyl carbamates (subject to hydrolysis) is 1. The number of benzene rings is 2. The summed E-state index contributed by atoms with van der Waals surface area (Å²) in [6.07, 6.45) is 0.0203. The van der Waals surface area contributed by atoms with Crippen LogP contribution in [0.15, 0.2) is 59.1 Å². The van der Waals surface area contributed by atoms with Crippen LogP contribution in [0.5, 0.6) is 0 Å². The largest absolute Gasteiger partial charge is 0.445 e. The second kappa shape index (κ2) is 12.8. The zero-order valence-corrected chi connectivity index (χ0v) is 19.6. The van der Waals surface area contributed by atoms with Gasteiger partial charge in [0.2, 0.25) is 5.91 Å². The van der Waals surface area contributed by atoms with Crippen LogP contribution in [0.25, 0.3) is 0 Å². The molecule has 0 aromatic heterocycles. The quantitative estimate of drug-likeness (QED) is 0.292. The molecule has 8 nitrogen and oxygen atoms in total.